The smallest absolute Gasteiger partial charge is 0.345 e. The van der Waals surface area contributed by atoms with Crippen molar-refractivity contribution in [2.24, 2.45) is 7.05 Å². The van der Waals surface area contributed by atoms with Gasteiger partial charge in [-0.25, -0.2) is 4.98 Å². The third-order valence-electron chi connectivity index (χ3n) is 5.30. The van der Waals surface area contributed by atoms with Crippen molar-refractivity contribution < 1.29 is 32.6 Å². The van der Waals surface area contributed by atoms with E-state index in [1.54, 1.807) is 24.2 Å². The zero-order chi connectivity index (χ0) is 26.5. The fourth-order valence-corrected chi connectivity index (χ4v) is 3.61. The van der Waals surface area contributed by atoms with Gasteiger partial charge in [0.25, 0.3) is 11.8 Å². The van der Waals surface area contributed by atoms with Crippen molar-refractivity contribution >= 4 is 29.2 Å². The molecule has 3 aromatic rings. The van der Waals surface area contributed by atoms with Gasteiger partial charge in [-0.05, 0) is 31.5 Å². The Balaban J connectivity index is 1.56. The van der Waals surface area contributed by atoms with Crippen LogP contribution < -0.4 is 14.8 Å². The first kappa shape index (κ1) is 26.3. The Morgan fingerprint density at radius 3 is 2.54 bits per heavy atom. The Kier molecular flexibility index (Phi) is 8.19. The standard InChI is InChI=1S/C24H24ClF2N5O5/c1-14(13-35-24(26)27)36-17-8-15(21(33)29-20-4-7-31(2)30-20)9-18(11-17)37-22-19(25)10-16(12-28-22)23(34)32-5-3-6-32/h4,7-12,14,24H,3,5-6,13H2,1-2H3,(H,29,30,33). The number of hydrogen-bond donors (Lipinski definition) is 1. The molecule has 1 atom stereocenters. The van der Waals surface area contributed by atoms with Gasteiger partial charge in [-0.3, -0.25) is 14.3 Å². The van der Waals surface area contributed by atoms with E-state index in [4.69, 9.17) is 21.1 Å². The first-order chi connectivity index (χ1) is 17.7. The van der Waals surface area contributed by atoms with Crippen LogP contribution in [0.15, 0.2) is 42.7 Å². The number of hydrogen-bond acceptors (Lipinski definition) is 7. The highest BCUT2D eigenvalue weighted by Crippen LogP contribution is 2.32. The number of alkyl halides is 2. The Morgan fingerprint density at radius 1 is 1.16 bits per heavy atom. The molecule has 0 radical (unpaired) electrons. The molecule has 0 aliphatic carbocycles. The summed E-state index contributed by atoms with van der Waals surface area (Å²) in [6, 6.07) is 7.39. The Morgan fingerprint density at radius 2 is 1.92 bits per heavy atom. The average molecular weight is 536 g/mol. The number of ether oxygens (including phenoxy) is 3. The second kappa shape index (κ2) is 11.5. The van der Waals surface area contributed by atoms with E-state index in [1.165, 1.54) is 42.1 Å². The molecule has 1 unspecified atom stereocenters. The molecule has 196 valence electrons. The molecule has 4 rings (SSSR count). The molecule has 0 bridgehead atoms. The van der Waals surface area contributed by atoms with Gasteiger partial charge in [0.05, 0.1) is 12.2 Å². The first-order valence-electron chi connectivity index (χ1n) is 11.3. The number of amides is 2. The molecule has 2 amide bonds. The molecule has 1 N–H and O–H groups in total. The van der Waals surface area contributed by atoms with Crippen molar-refractivity contribution in [3.63, 3.8) is 0 Å². The van der Waals surface area contributed by atoms with Crippen molar-refractivity contribution in [1.29, 1.82) is 0 Å². The van der Waals surface area contributed by atoms with E-state index in [0.717, 1.165) is 6.42 Å². The van der Waals surface area contributed by atoms with Gasteiger partial charge < -0.3 is 24.4 Å². The predicted molar refractivity (Wildman–Crippen MR) is 129 cm³/mol. The number of anilines is 1. The molecule has 1 aliphatic heterocycles. The summed E-state index contributed by atoms with van der Waals surface area (Å²) in [5, 5.41) is 6.86. The molecule has 1 aliphatic rings. The van der Waals surface area contributed by atoms with Crippen molar-refractivity contribution in [1.82, 2.24) is 19.7 Å². The molecule has 37 heavy (non-hydrogen) atoms. The summed E-state index contributed by atoms with van der Waals surface area (Å²) in [6.45, 7) is -0.407. The van der Waals surface area contributed by atoms with Gasteiger partial charge in [-0.1, -0.05) is 11.6 Å². The van der Waals surface area contributed by atoms with Gasteiger partial charge in [-0.15, -0.1) is 0 Å². The molecular formula is C24H24ClF2N5O5. The van der Waals surface area contributed by atoms with Crippen LogP contribution in [0.4, 0.5) is 14.6 Å². The van der Waals surface area contributed by atoms with E-state index in [1.807, 2.05) is 0 Å². The maximum Gasteiger partial charge on any atom is 0.345 e. The van der Waals surface area contributed by atoms with Crippen LogP contribution >= 0.6 is 11.6 Å². The molecule has 0 spiro atoms. The SMILES string of the molecule is CC(COC(F)F)Oc1cc(Oc2ncc(C(=O)N3CCC3)cc2Cl)cc(C(=O)Nc2ccn(C)n2)c1. The highest BCUT2D eigenvalue weighted by atomic mass is 35.5. The van der Waals surface area contributed by atoms with Crippen LogP contribution in [0.1, 0.15) is 34.1 Å². The summed E-state index contributed by atoms with van der Waals surface area (Å²) in [5.41, 5.74) is 0.471. The molecule has 13 heteroatoms. The minimum Gasteiger partial charge on any atom is -0.488 e. The van der Waals surface area contributed by atoms with E-state index in [2.05, 4.69) is 20.1 Å². The monoisotopic (exact) mass is 535 g/mol. The Hall–Kier alpha value is -3.77. The van der Waals surface area contributed by atoms with Gasteiger partial charge in [-0.2, -0.15) is 13.9 Å². The number of likely N-dealkylation sites (tertiary alicyclic amines) is 1. The van der Waals surface area contributed by atoms with Gasteiger partial charge in [0.1, 0.15) is 22.6 Å². The molecule has 1 aromatic carbocycles. The fraction of sp³-hybridized carbons (Fsp3) is 0.333. The minimum atomic E-state index is -2.94. The lowest BCUT2D eigenvalue weighted by molar-refractivity contribution is -0.142. The van der Waals surface area contributed by atoms with Crippen LogP contribution in [0.3, 0.4) is 0 Å². The quantitative estimate of drug-likeness (QED) is 0.411. The first-order valence-corrected chi connectivity index (χ1v) is 11.7. The number of nitrogens with zero attached hydrogens (tertiary/aromatic N) is 4. The number of nitrogens with one attached hydrogen (secondary N) is 1. The van der Waals surface area contributed by atoms with Gasteiger partial charge in [0.2, 0.25) is 5.88 Å². The number of aromatic nitrogens is 3. The van der Waals surface area contributed by atoms with E-state index < -0.39 is 18.6 Å². The number of carbonyl (C=O) groups is 2. The second-order valence-electron chi connectivity index (χ2n) is 8.30. The fourth-order valence-electron chi connectivity index (χ4n) is 3.41. The van der Waals surface area contributed by atoms with Crippen LogP contribution in [0.2, 0.25) is 5.02 Å². The van der Waals surface area contributed by atoms with E-state index in [9.17, 15) is 18.4 Å². The summed E-state index contributed by atoms with van der Waals surface area (Å²) in [5.74, 6) is -0.0518. The summed E-state index contributed by atoms with van der Waals surface area (Å²) in [4.78, 5) is 31.2. The van der Waals surface area contributed by atoms with Gasteiger partial charge in [0, 0.05) is 50.2 Å². The third-order valence-corrected chi connectivity index (χ3v) is 5.57. The van der Waals surface area contributed by atoms with Crippen LogP contribution in [0.5, 0.6) is 17.4 Å². The lowest BCUT2D eigenvalue weighted by Crippen LogP contribution is -2.42. The van der Waals surface area contributed by atoms with Crippen LogP contribution in [-0.4, -0.2) is 63.9 Å². The van der Waals surface area contributed by atoms with Crippen molar-refractivity contribution in [3.8, 4) is 17.4 Å². The van der Waals surface area contributed by atoms with E-state index in [-0.39, 0.29) is 40.5 Å². The molecule has 0 saturated carbocycles. The number of carbonyl (C=O) groups excluding carboxylic acids is 2. The van der Waals surface area contributed by atoms with Crippen LogP contribution in [0, 0.1) is 0 Å². The second-order valence-corrected chi connectivity index (χ2v) is 8.71. The molecule has 10 nitrogen and oxygen atoms in total. The largest absolute Gasteiger partial charge is 0.488 e. The highest BCUT2D eigenvalue weighted by molar-refractivity contribution is 6.32. The van der Waals surface area contributed by atoms with Crippen molar-refractivity contribution in [3.05, 3.63) is 58.9 Å². The normalized spacial score (nSPS) is 13.7. The average Bonchev–Trinajstić information content (AvgIpc) is 3.22. The number of benzene rings is 1. The number of pyridine rings is 1. The lowest BCUT2D eigenvalue weighted by atomic mass is 10.1. The molecule has 3 heterocycles. The van der Waals surface area contributed by atoms with Gasteiger partial charge >= 0.3 is 6.61 Å². The Bertz CT molecular complexity index is 1280. The molecule has 1 saturated heterocycles. The molecule has 1 fully saturated rings. The van der Waals surface area contributed by atoms with Crippen molar-refractivity contribution in [2.75, 3.05) is 25.0 Å². The van der Waals surface area contributed by atoms with Crippen molar-refractivity contribution in [2.45, 2.75) is 26.1 Å². The number of halogens is 3. The molecule has 2 aromatic heterocycles. The Labute approximate surface area is 216 Å². The van der Waals surface area contributed by atoms with Crippen LogP contribution in [0.25, 0.3) is 0 Å². The number of aryl methyl sites for hydroxylation is 1. The summed E-state index contributed by atoms with van der Waals surface area (Å²) in [6.07, 6.45) is 3.22. The summed E-state index contributed by atoms with van der Waals surface area (Å²) < 4.78 is 42.1. The van der Waals surface area contributed by atoms with E-state index in [0.29, 0.717) is 24.5 Å². The number of rotatable bonds is 10. The molecular weight excluding hydrogens is 512 g/mol. The summed E-state index contributed by atoms with van der Waals surface area (Å²) in [7, 11) is 1.71. The minimum absolute atomic E-state index is 0.00384. The third kappa shape index (κ3) is 6.92. The van der Waals surface area contributed by atoms with Crippen LogP contribution in [-0.2, 0) is 11.8 Å². The maximum atomic E-state index is 12.9. The van der Waals surface area contributed by atoms with E-state index >= 15 is 0 Å². The predicted octanol–water partition coefficient (Wildman–Crippen LogP) is 4.37. The zero-order valence-electron chi connectivity index (χ0n) is 20.0. The lowest BCUT2D eigenvalue weighted by Gasteiger charge is -2.30. The maximum absolute atomic E-state index is 12.9. The summed E-state index contributed by atoms with van der Waals surface area (Å²) >= 11 is 6.33. The van der Waals surface area contributed by atoms with Gasteiger partial charge in [0.15, 0.2) is 5.82 Å². The highest BCUT2D eigenvalue weighted by Gasteiger charge is 2.23. The zero-order valence-corrected chi connectivity index (χ0v) is 20.7. The topological polar surface area (TPSA) is 108 Å².